The molecule has 1 aromatic carbocycles. The third-order valence-electron chi connectivity index (χ3n) is 3.03. The Labute approximate surface area is 117 Å². The molecule has 1 N–H and O–H groups in total. The summed E-state index contributed by atoms with van der Waals surface area (Å²) in [5.74, 6) is 0.432. The van der Waals surface area contributed by atoms with E-state index in [4.69, 9.17) is 11.6 Å². The van der Waals surface area contributed by atoms with Gasteiger partial charge in [0.1, 0.15) is 11.6 Å². The molecule has 0 unspecified atom stereocenters. The number of benzene rings is 1. The number of anilines is 2. The summed E-state index contributed by atoms with van der Waals surface area (Å²) >= 11 is 6.15. The standard InChI is InChI=1S/C14H13ClN4/c1-8-5-4-6-12(15)13(8)17-14-11(7-16)9(2)10(3)18-19-14/h4-6H,1-3H3,(H,17,19). The third kappa shape index (κ3) is 2.51. The minimum atomic E-state index is 0.432. The van der Waals surface area contributed by atoms with Crippen molar-refractivity contribution in [2.24, 2.45) is 0 Å². The maximum atomic E-state index is 9.25. The lowest BCUT2D eigenvalue weighted by molar-refractivity contribution is 0.960. The molecule has 2 rings (SSSR count). The molecule has 5 heteroatoms. The van der Waals surface area contributed by atoms with E-state index < -0.39 is 0 Å². The van der Waals surface area contributed by atoms with Crippen LogP contribution in [0.4, 0.5) is 11.5 Å². The predicted octanol–water partition coefficient (Wildman–Crippen LogP) is 3.67. The molecular formula is C14H13ClN4. The molecule has 0 bridgehead atoms. The normalized spacial score (nSPS) is 10.1. The maximum absolute atomic E-state index is 9.25. The number of hydrogen-bond donors (Lipinski definition) is 1. The Balaban J connectivity index is 2.51. The maximum Gasteiger partial charge on any atom is 0.171 e. The van der Waals surface area contributed by atoms with E-state index in [-0.39, 0.29) is 0 Å². The Morgan fingerprint density at radius 1 is 1.21 bits per heavy atom. The molecule has 19 heavy (non-hydrogen) atoms. The van der Waals surface area contributed by atoms with E-state index in [1.807, 2.05) is 32.9 Å². The molecule has 0 aliphatic carbocycles. The number of halogens is 1. The van der Waals surface area contributed by atoms with E-state index in [0.29, 0.717) is 16.4 Å². The van der Waals surface area contributed by atoms with Gasteiger partial charge in [-0.3, -0.25) is 0 Å². The Morgan fingerprint density at radius 2 is 1.95 bits per heavy atom. The van der Waals surface area contributed by atoms with Gasteiger partial charge in [0.05, 0.1) is 16.4 Å². The molecular weight excluding hydrogens is 260 g/mol. The van der Waals surface area contributed by atoms with Crippen molar-refractivity contribution in [2.75, 3.05) is 5.32 Å². The zero-order chi connectivity index (χ0) is 14.0. The van der Waals surface area contributed by atoms with E-state index in [9.17, 15) is 5.26 Å². The molecule has 0 aliphatic heterocycles. The minimum Gasteiger partial charge on any atom is -0.336 e. The van der Waals surface area contributed by atoms with Crippen molar-refractivity contribution < 1.29 is 0 Å². The van der Waals surface area contributed by atoms with Crippen molar-refractivity contribution in [3.05, 3.63) is 45.6 Å². The van der Waals surface area contributed by atoms with Crippen LogP contribution in [-0.2, 0) is 0 Å². The highest BCUT2D eigenvalue weighted by molar-refractivity contribution is 6.33. The molecule has 0 radical (unpaired) electrons. The molecule has 0 spiro atoms. The second-order valence-corrected chi connectivity index (χ2v) is 4.71. The van der Waals surface area contributed by atoms with Crippen LogP contribution < -0.4 is 5.32 Å². The van der Waals surface area contributed by atoms with Gasteiger partial charge in [0.2, 0.25) is 0 Å². The van der Waals surface area contributed by atoms with Crippen LogP contribution in [0.5, 0.6) is 0 Å². The summed E-state index contributed by atoms with van der Waals surface area (Å²) in [7, 11) is 0. The van der Waals surface area contributed by atoms with Crippen LogP contribution in [0.2, 0.25) is 5.02 Å². The van der Waals surface area contributed by atoms with E-state index in [1.54, 1.807) is 6.07 Å². The summed E-state index contributed by atoms with van der Waals surface area (Å²) in [4.78, 5) is 0. The topological polar surface area (TPSA) is 61.6 Å². The minimum absolute atomic E-state index is 0.432. The van der Waals surface area contributed by atoms with Crippen LogP contribution in [0.1, 0.15) is 22.4 Å². The molecule has 0 saturated carbocycles. The Kier molecular flexibility index (Phi) is 3.68. The van der Waals surface area contributed by atoms with Crippen LogP contribution in [0.15, 0.2) is 18.2 Å². The predicted molar refractivity (Wildman–Crippen MR) is 75.7 cm³/mol. The highest BCUT2D eigenvalue weighted by Gasteiger charge is 2.13. The van der Waals surface area contributed by atoms with Crippen molar-refractivity contribution in [1.29, 1.82) is 5.26 Å². The summed E-state index contributed by atoms with van der Waals surface area (Å²) in [6, 6.07) is 7.76. The lowest BCUT2D eigenvalue weighted by Gasteiger charge is -2.12. The first-order valence-electron chi connectivity index (χ1n) is 5.80. The molecule has 1 heterocycles. The summed E-state index contributed by atoms with van der Waals surface area (Å²) in [6.45, 7) is 5.62. The number of aromatic nitrogens is 2. The SMILES string of the molecule is Cc1cccc(Cl)c1Nc1nnc(C)c(C)c1C#N. The summed E-state index contributed by atoms with van der Waals surface area (Å²) < 4.78 is 0. The number of hydrogen-bond acceptors (Lipinski definition) is 4. The van der Waals surface area contributed by atoms with Crippen molar-refractivity contribution in [3.63, 3.8) is 0 Å². The largest absolute Gasteiger partial charge is 0.336 e. The summed E-state index contributed by atoms with van der Waals surface area (Å²) in [5.41, 5.74) is 3.80. The molecule has 1 aromatic heterocycles. The average molecular weight is 273 g/mol. The third-order valence-corrected chi connectivity index (χ3v) is 3.35. The van der Waals surface area contributed by atoms with Gasteiger partial charge in [0.25, 0.3) is 0 Å². The summed E-state index contributed by atoms with van der Waals surface area (Å²) in [5, 5.41) is 21.0. The molecule has 0 amide bonds. The first-order chi connectivity index (χ1) is 9.04. The number of nitrogens with zero attached hydrogens (tertiary/aromatic N) is 3. The highest BCUT2D eigenvalue weighted by atomic mass is 35.5. The first kappa shape index (κ1) is 13.3. The van der Waals surface area contributed by atoms with Gasteiger partial charge >= 0.3 is 0 Å². The fourth-order valence-corrected chi connectivity index (χ4v) is 2.01. The van der Waals surface area contributed by atoms with E-state index in [1.165, 1.54) is 0 Å². The number of nitriles is 1. The Bertz CT molecular complexity index is 654. The fourth-order valence-electron chi connectivity index (χ4n) is 1.74. The van der Waals surface area contributed by atoms with Crippen LogP contribution in [0, 0.1) is 32.1 Å². The van der Waals surface area contributed by atoms with Gasteiger partial charge in [-0.2, -0.15) is 10.4 Å². The zero-order valence-corrected chi connectivity index (χ0v) is 11.7. The highest BCUT2D eigenvalue weighted by Crippen LogP contribution is 2.29. The van der Waals surface area contributed by atoms with Crippen LogP contribution >= 0.6 is 11.6 Å². The van der Waals surface area contributed by atoms with Crippen LogP contribution in [0.3, 0.4) is 0 Å². The molecule has 0 saturated heterocycles. The van der Waals surface area contributed by atoms with Crippen molar-refractivity contribution >= 4 is 23.1 Å². The molecule has 0 fully saturated rings. The average Bonchev–Trinajstić information content (AvgIpc) is 2.38. The van der Waals surface area contributed by atoms with E-state index >= 15 is 0 Å². The van der Waals surface area contributed by atoms with Gasteiger partial charge < -0.3 is 5.32 Å². The number of para-hydroxylation sites is 1. The number of aryl methyl sites for hydroxylation is 2. The molecule has 0 aliphatic rings. The van der Waals surface area contributed by atoms with Gasteiger partial charge in [-0.05, 0) is 38.0 Å². The lowest BCUT2D eigenvalue weighted by atomic mass is 10.1. The van der Waals surface area contributed by atoms with Gasteiger partial charge in [-0.25, -0.2) is 0 Å². The van der Waals surface area contributed by atoms with E-state index in [0.717, 1.165) is 22.5 Å². The van der Waals surface area contributed by atoms with Crippen LogP contribution in [-0.4, -0.2) is 10.2 Å². The number of rotatable bonds is 2. The second-order valence-electron chi connectivity index (χ2n) is 4.30. The zero-order valence-electron chi connectivity index (χ0n) is 11.0. The molecule has 4 nitrogen and oxygen atoms in total. The molecule has 0 atom stereocenters. The number of nitrogens with one attached hydrogen (secondary N) is 1. The van der Waals surface area contributed by atoms with E-state index in [2.05, 4.69) is 21.6 Å². The smallest absolute Gasteiger partial charge is 0.171 e. The second kappa shape index (κ2) is 5.25. The molecule has 2 aromatic rings. The Morgan fingerprint density at radius 3 is 2.58 bits per heavy atom. The molecule has 96 valence electrons. The van der Waals surface area contributed by atoms with Gasteiger partial charge in [-0.15, -0.1) is 5.10 Å². The van der Waals surface area contributed by atoms with Crippen molar-refractivity contribution in [2.45, 2.75) is 20.8 Å². The van der Waals surface area contributed by atoms with Gasteiger partial charge in [-0.1, -0.05) is 23.7 Å². The summed E-state index contributed by atoms with van der Waals surface area (Å²) in [6.07, 6.45) is 0. The monoisotopic (exact) mass is 272 g/mol. The lowest BCUT2D eigenvalue weighted by Crippen LogP contribution is -2.04. The fraction of sp³-hybridized carbons (Fsp3) is 0.214. The Hall–Kier alpha value is -2.12. The van der Waals surface area contributed by atoms with Gasteiger partial charge in [0.15, 0.2) is 5.82 Å². The quantitative estimate of drug-likeness (QED) is 0.906. The first-order valence-corrected chi connectivity index (χ1v) is 6.18. The van der Waals surface area contributed by atoms with Gasteiger partial charge in [0, 0.05) is 0 Å². The van der Waals surface area contributed by atoms with Crippen LogP contribution in [0.25, 0.3) is 0 Å². The van der Waals surface area contributed by atoms with Crippen molar-refractivity contribution in [1.82, 2.24) is 10.2 Å². The van der Waals surface area contributed by atoms with Crippen molar-refractivity contribution in [3.8, 4) is 6.07 Å².